The molecule has 0 heterocycles. The lowest BCUT2D eigenvalue weighted by Crippen LogP contribution is -2.00. The summed E-state index contributed by atoms with van der Waals surface area (Å²) in [5.41, 5.74) is 1.67. The Balaban J connectivity index is 1.89. The minimum absolute atomic E-state index is 0.0692. The number of fused-ring (bicyclic) bond motifs is 1. The predicted molar refractivity (Wildman–Crippen MR) is 81.0 cm³/mol. The van der Waals surface area contributed by atoms with Crippen LogP contribution in [0.3, 0.4) is 0 Å². The van der Waals surface area contributed by atoms with Crippen molar-refractivity contribution in [3.8, 4) is 11.5 Å². The van der Waals surface area contributed by atoms with Crippen molar-refractivity contribution >= 4 is 16.5 Å². The molecular formula is C17H15NO2. The predicted octanol–water partition coefficient (Wildman–Crippen LogP) is 3.86. The first-order valence-corrected chi connectivity index (χ1v) is 6.47. The number of aromatic hydroxyl groups is 2. The van der Waals surface area contributed by atoms with Gasteiger partial charge in [-0.05, 0) is 17.5 Å². The second-order valence-corrected chi connectivity index (χ2v) is 4.67. The third-order valence-electron chi connectivity index (χ3n) is 3.36. The van der Waals surface area contributed by atoms with Gasteiger partial charge >= 0.3 is 0 Å². The highest BCUT2D eigenvalue weighted by Gasteiger charge is 2.06. The molecule has 0 unspecified atom stereocenters. The van der Waals surface area contributed by atoms with Gasteiger partial charge in [0.25, 0.3) is 0 Å². The van der Waals surface area contributed by atoms with Gasteiger partial charge in [-0.2, -0.15) is 0 Å². The molecule has 0 spiro atoms. The van der Waals surface area contributed by atoms with Crippen LogP contribution in [0.15, 0.2) is 60.7 Å². The maximum Gasteiger partial charge on any atom is 0.162 e. The molecule has 3 aromatic carbocycles. The summed E-state index contributed by atoms with van der Waals surface area (Å²) in [6, 6.07) is 19.2. The number of hydrogen-bond donors (Lipinski definition) is 3. The summed E-state index contributed by atoms with van der Waals surface area (Å²) in [6.07, 6.45) is 0. The van der Waals surface area contributed by atoms with Crippen LogP contribution < -0.4 is 5.32 Å². The van der Waals surface area contributed by atoms with Gasteiger partial charge in [0, 0.05) is 23.2 Å². The fourth-order valence-corrected chi connectivity index (χ4v) is 2.29. The van der Waals surface area contributed by atoms with Gasteiger partial charge in [0.05, 0.1) is 0 Å². The molecule has 0 saturated carbocycles. The maximum atomic E-state index is 9.80. The van der Waals surface area contributed by atoms with Gasteiger partial charge in [-0.3, -0.25) is 0 Å². The van der Waals surface area contributed by atoms with E-state index in [-0.39, 0.29) is 11.5 Å². The fraction of sp³-hybridized carbons (Fsp3) is 0.0588. The zero-order valence-electron chi connectivity index (χ0n) is 10.9. The molecule has 0 saturated heterocycles. The topological polar surface area (TPSA) is 52.5 Å². The average molecular weight is 265 g/mol. The van der Waals surface area contributed by atoms with Crippen LogP contribution in [0.4, 0.5) is 5.69 Å². The van der Waals surface area contributed by atoms with Crippen molar-refractivity contribution in [2.24, 2.45) is 0 Å². The number of hydrogen-bond acceptors (Lipinski definition) is 3. The average Bonchev–Trinajstić information content (AvgIpc) is 2.49. The van der Waals surface area contributed by atoms with Crippen LogP contribution in [0.5, 0.6) is 11.5 Å². The first-order valence-electron chi connectivity index (χ1n) is 6.47. The first-order chi connectivity index (χ1) is 9.75. The third-order valence-corrected chi connectivity index (χ3v) is 3.36. The van der Waals surface area contributed by atoms with Crippen molar-refractivity contribution in [3.63, 3.8) is 0 Å². The van der Waals surface area contributed by atoms with Crippen LogP contribution in [-0.4, -0.2) is 10.2 Å². The monoisotopic (exact) mass is 265 g/mol. The molecule has 0 aliphatic carbocycles. The summed E-state index contributed by atoms with van der Waals surface area (Å²) >= 11 is 0. The molecule has 0 fully saturated rings. The van der Waals surface area contributed by atoms with E-state index in [0.29, 0.717) is 12.1 Å². The van der Waals surface area contributed by atoms with Crippen LogP contribution in [0.2, 0.25) is 0 Å². The standard InChI is InChI=1S/C17H15NO2/c19-16-10-4-7-13(17(16)20)11-18-15-9-3-6-12-5-1-2-8-14(12)15/h1-10,18-20H,11H2. The van der Waals surface area contributed by atoms with Gasteiger partial charge in [0.15, 0.2) is 11.5 Å². The Morgan fingerprint density at radius 1 is 0.800 bits per heavy atom. The van der Waals surface area contributed by atoms with Crippen LogP contribution in [0, 0.1) is 0 Å². The second kappa shape index (κ2) is 5.13. The highest BCUT2D eigenvalue weighted by molar-refractivity contribution is 5.93. The lowest BCUT2D eigenvalue weighted by Gasteiger charge is -2.11. The molecule has 0 atom stereocenters. The van der Waals surface area contributed by atoms with Crippen molar-refractivity contribution in [1.82, 2.24) is 0 Å². The summed E-state index contributed by atoms with van der Waals surface area (Å²) in [4.78, 5) is 0. The molecule has 0 radical (unpaired) electrons. The van der Waals surface area contributed by atoms with Gasteiger partial charge in [0.1, 0.15) is 0 Å². The first kappa shape index (κ1) is 12.4. The molecule has 3 nitrogen and oxygen atoms in total. The lowest BCUT2D eigenvalue weighted by molar-refractivity contribution is 0.400. The highest BCUT2D eigenvalue weighted by atomic mass is 16.3. The van der Waals surface area contributed by atoms with Crippen molar-refractivity contribution < 1.29 is 10.2 Å². The maximum absolute atomic E-state index is 9.80. The summed E-state index contributed by atoms with van der Waals surface area (Å²) in [5, 5.41) is 24.9. The Bertz CT molecular complexity index is 748. The Morgan fingerprint density at radius 2 is 1.55 bits per heavy atom. The number of rotatable bonds is 3. The lowest BCUT2D eigenvalue weighted by atomic mass is 10.1. The van der Waals surface area contributed by atoms with E-state index < -0.39 is 0 Å². The molecule has 3 aromatic rings. The van der Waals surface area contributed by atoms with Gasteiger partial charge in [0.2, 0.25) is 0 Å². The normalized spacial score (nSPS) is 10.6. The smallest absolute Gasteiger partial charge is 0.162 e. The molecule has 3 rings (SSSR count). The molecule has 0 amide bonds. The number of phenolic OH excluding ortho intramolecular Hbond substituents is 2. The number of nitrogens with one attached hydrogen (secondary N) is 1. The third kappa shape index (κ3) is 2.26. The van der Waals surface area contributed by atoms with E-state index >= 15 is 0 Å². The summed E-state index contributed by atoms with van der Waals surface area (Å²) in [5.74, 6) is -0.164. The zero-order chi connectivity index (χ0) is 13.9. The number of benzene rings is 3. The Hall–Kier alpha value is -2.68. The van der Waals surface area contributed by atoms with Gasteiger partial charge in [-0.1, -0.05) is 48.5 Å². The summed E-state index contributed by atoms with van der Waals surface area (Å²) in [6.45, 7) is 0.453. The number of para-hydroxylation sites is 1. The molecule has 20 heavy (non-hydrogen) atoms. The van der Waals surface area contributed by atoms with Crippen LogP contribution in [0.25, 0.3) is 10.8 Å². The molecule has 0 bridgehead atoms. The van der Waals surface area contributed by atoms with Crippen molar-refractivity contribution in [3.05, 3.63) is 66.2 Å². The van der Waals surface area contributed by atoms with Gasteiger partial charge in [-0.15, -0.1) is 0 Å². The Labute approximate surface area is 117 Å². The van der Waals surface area contributed by atoms with Crippen molar-refractivity contribution in [2.75, 3.05) is 5.32 Å². The van der Waals surface area contributed by atoms with E-state index in [1.807, 2.05) is 24.3 Å². The van der Waals surface area contributed by atoms with E-state index in [4.69, 9.17) is 0 Å². The molecule has 3 N–H and O–H groups in total. The molecule has 100 valence electrons. The SMILES string of the molecule is Oc1cccc(CNc2cccc3ccccc23)c1O. The van der Waals surface area contributed by atoms with Crippen LogP contribution in [-0.2, 0) is 6.54 Å². The molecule has 3 heteroatoms. The largest absolute Gasteiger partial charge is 0.504 e. The minimum Gasteiger partial charge on any atom is -0.504 e. The minimum atomic E-state index is -0.0952. The molecular weight excluding hydrogens is 250 g/mol. The van der Waals surface area contributed by atoms with Gasteiger partial charge in [-0.25, -0.2) is 0 Å². The van der Waals surface area contributed by atoms with Crippen molar-refractivity contribution in [1.29, 1.82) is 0 Å². The van der Waals surface area contributed by atoms with Gasteiger partial charge < -0.3 is 15.5 Å². The zero-order valence-corrected chi connectivity index (χ0v) is 10.9. The quantitative estimate of drug-likeness (QED) is 0.630. The second-order valence-electron chi connectivity index (χ2n) is 4.67. The van der Waals surface area contributed by atoms with Crippen LogP contribution >= 0.6 is 0 Å². The van der Waals surface area contributed by atoms with E-state index in [1.165, 1.54) is 6.07 Å². The van der Waals surface area contributed by atoms with E-state index in [9.17, 15) is 10.2 Å². The molecule has 0 aliphatic rings. The summed E-state index contributed by atoms with van der Waals surface area (Å²) < 4.78 is 0. The number of anilines is 1. The number of phenols is 2. The van der Waals surface area contributed by atoms with Crippen molar-refractivity contribution in [2.45, 2.75) is 6.54 Å². The van der Waals surface area contributed by atoms with Crippen LogP contribution in [0.1, 0.15) is 5.56 Å². The van der Waals surface area contributed by atoms with E-state index in [1.54, 1.807) is 12.1 Å². The van der Waals surface area contributed by atoms with E-state index in [2.05, 4.69) is 23.5 Å². The summed E-state index contributed by atoms with van der Waals surface area (Å²) in [7, 11) is 0. The Morgan fingerprint density at radius 3 is 2.45 bits per heavy atom. The molecule has 0 aliphatic heterocycles. The fourth-order valence-electron chi connectivity index (χ4n) is 2.29. The van der Waals surface area contributed by atoms with E-state index in [0.717, 1.165) is 16.5 Å². The Kier molecular flexibility index (Phi) is 3.17. The molecule has 0 aromatic heterocycles. The highest BCUT2D eigenvalue weighted by Crippen LogP contribution is 2.29.